The van der Waals surface area contributed by atoms with E-state index in [9.17, 15) is 20.3 Å². The van der Waals surface area contributed by atoms with Gasteiger partial charge in [0.05, 0.1) is 4.92 Å². The van der Waals surface area contributed by atoms with Gasteiger partial charge in [0, 0.05) is 30.8 Å². The molecule has 0 amide bonds. The molecule has 0 saturated carbocycles. The predicted molar refractivity (Wildman–Crippen MR) is 92.4 cm³/mol. The summed E-state index contributed by atoms with van der Waals surface area (Å²) in [5.74, 6) is 0.325. The number of nitro groups is 1. The van der Waals surface area contributed by atoms with E-state index in [1.807, 2.05) is 12.1 Å². The fraction of sp³-hybridized carbons (Fsp3) is 0.444. The lowest BCUT2D eigenvalue weighted by molar-refractivity contribution is -0.384. The van der Waals surface area contributed by atoms with Gasteiger partial charge in [0.25, 0.3) is 5.69 Å². The molecule has 1 unspecified atom stereocenters. The van der Waals surface area contributed by atoms with Crippen LogP contribution in [0.2, 0.25) is 0 Å². The normalized spacial score (nSPS) is 12.2. The SMILES string of the molecule is CCCCCC(CCn1c(O)ccc1O)c1ccc([N+](=O)[O-])cc1. The van der Waals surface area contributed by atoms with Crippen molar-refractivity contribution >= 4 is 5.69 Å². The zero-order valence-electron chi connectivity index (χ0n) is 13.9. The van der Waals surface area contributed by atoms with Crippen LogP contribution in [0.25, 0.3) is 0 Å². The Kier molecular flexibility index (Phi) is 6.23. The van der Waals surface area contributed by atoms with Crippen LogP contribution in [-0.2, 0) is 6.54 Å². The van der Waals surface area contributed by atoms with E-state index in [1.54, 1.807) is 0 Å². The monoisotopic (exact) mass is 332 g/mol. The van der Waals surface area contributed by atoms with E-state index in [-0.39, 0.29) is 23.4 Å². The summed E-state index contributed by atoms with van der Waals surface area (Å²) in [5.41, 5.74) is 1.15. The van der Waals surface area contributed by atoms with Crippen LogP contribution in [0.4, 0.5) is 5.69 Å². The third kappa shape index (κ3) is 4.50. The Balaban J connectivity index is 2.10. The Labute approximate surface area is 141 Å². The molecule has 6 heteroatoms. The Hall–Kier alpha value is -2.50. The van der Waals surface area contributed by atoms with Crippen molar-refractivity contribution < 1.29 is 15.1 Å². The average Bonchev–Trinajstić information content (AvgIpc) is 2.89. The van der Waals surface area contributed by atoms with E-state index in [0.29, 0.717) is 6.54 Å². The van der Waals surface area contributed by atoms with Crippen molar-refractivity contribution in [3.8, 4) is 11.8 Å². The molecule has 1 aromatic heterocycles. The molecular weight excluding hydrogens is 308 g/mol. The molecule has 0 spiro atoms. The van der Waals surface area contributed by atoms with E-state index in [1.165, 1.54) is 28.8 Å². The van der Waals surface area contributed by atoms with Gasteiger partial charge in [0.2, 0.25) is 0 Å². The minimum absolute atomic E-state index is 0.0449. The molecule has 0 bridgehead atoms. The number of unbranched alkanes of at least 4 members (excludes halogenated alkanes) is 2. The summed E-state index contributed by atoms with van der Waals surface area (Å²) < 4.78 is 1.47. The first-order chi connectivity index (χ1) is 11.5. The number of benzene rings is 1. The number of hydrogen-bond acceptors (Lipinski definition) is 4. The molecule has 2 N–H and O–H groups in total. The first-order valence-corrected chi connectivity index (χ1v) is 8.34. The second kappa shape index (κ2) is 8.38. The van der Waals surface area contributed by atoms with Gasteiger partial charge in [-0.3, -0.25) is 14.7 Å². The smallest absolute Gasteiger partial charge is 0.269 e. The summed E-state index contributed by atoms with van der Waals surface area (Å²) in [7, 11) is 0. The molecule has 1 aromatic carbocycles. The maximum absolute atomic E-state index is 10.8. The van der Waals surface area contributed by atoms with Crippen LogP contribution >= 0.6 is 0 Å². The zero-order valence-corrected chi connectivity index (χ0v) is 13.9. The van der Waals surface area contributed by atoms with Crippen LogP contribution in [0.15, 0.2) is 36.4 Å². The van der Waals surface area contributed by atoms with Crippen molar-refractivity contribution in [2.75, 3.05) is 0 Å². The van der Waals surface area contributed by atoms with Crippen LogP contribution in [0.5, 0.6) is 11.8 Å². The number of nitrogens with zero attached hydrogens (tertiary/aromatic N) is 2. The van der Waals surface area contributed by atoms with Gasteiger partial charge in [-0.2, -0.15) is 0 Å². The summed E-state index contributed by atoms with van der Waals surface area (Å²) in [6.07, 6.45) is 5.09. The van der Waals surface area contributed by atoms with Crippen molar-refractivity contribution in [2.24, 2.45) is 0 Å². The minimum atomic E-state index is -0.397. The average molecular weight is 332 g/mol. The second-order valence-electron chi connectivity index (χ2n) is 6.03. The topological polar surface area (TPSA) is 88.5 Å². The molecule has 0 saturated heterocycles. The summed E-state index contributed by atoms with van der Waals surface area (Å²) in [6, 6.07) is 9.62. The fourth-order valence-corrected chi connectivity index (χ4v) is 2.95. The van der Waals surface area contributed by atoms with Crippen molar-refractivity contribution in [2.45, 2.75) is 51.5 Å². The van der Waals surface area contributed by atoms with Crippen LogP contribution in [0.3, 0.4) is 0 Å². The van der Waals surface area contributed by atoms with E-state index in [0.717, 1.165) is 37.7 Å². The predicted octanol–water partition coefficient (Wildman–Crippen LogP) is 4.56. The van der Waals surface area contributed by atoms with E-state index in [4.69, 9.17) is 0 Å². The van der Waals surface area contributed by atoms with Crippen molar-refractivity contribution in [3.63, 3.8) is 0 Å². The molecule has 0 aliphatic rings. The van der Waals surface area contributed by atoms with Crippen molar-refractivity contribution in [3.05, 3.63) is 52.1 Å². The maximum atomic E-state index is 10.8. The van der Waals surface area contributed by atoms with Gasteiger partial charge in [-0.15, -0.1) is 0 Å². The molecule has 6 nitrogen and oxygen atoms in total. The highest BCUT2D eigenvalue weighted by molar-refractivity contribution is 5.34. The van der Waals surface area contributed by atoms with Crippen LogP contribution in [0, 0.1) is 10.1 Å². The quantitative estimate of drug-likeness (QED) is 0.400. The standard InChI is InChI=1S/C18H24N2O4/c1-2-3-4-5-14(12-13-19-17(21)10-11-18(19)22)15-6-8-16(9-7-15)20(23)24/h6-11,14,21-22H,2-5,12-13H2,1H3. The highest BCUT2D eigenvalue weighted by atomic mass is 16.6. The molecule has 24 heavy (non-hydrogen) atoms. The molecule has 2 aromatic rings. The number of rotatable bonds is 9. The lowest BCUT2D eigenvalue weighted by Gasteiger charge is -2.18. The third-order valence-electron chi connectivity index (χ3n) is 4.37. The molecule has 1 heterocycles. The van der Waals surface area contributed by atoms with E-state index < -0.39 is 4.92 Å². The number of non-ortho nitro benzene ring substituents is 1. The highest BCUT2D eigenvalue weighted by Gasteiger charge is 2.15. The summed E-state index contributed by atoms with van der Waals surface area (Å²) in [4.78, 5) is 10.4. The van der Waals surface area contributed by atoms with Gasteiger partial charge < -0.3 is 10.2 Å². The second-order valence-corrected chi connectivity index (χ2v) is 6.03. The summed E-state index contributed by atoms with van der Waals surface area (Å²) in [5, 5.41) is 30.3. The van der Waals surface area contributed by atoms with Gasteiger partial charge in [-0.1, -0.05) is 38.3 Å². The zero-order chi connectivity index (χ0) is 17.5. The van der Waals surface area contributed by atoms with Crippen molar-refractivity contribution in [1.82, 2.24) is 4.57 Å². The van der Waals surface area contributed by atoms with Crippen molar-refractivity contribution in [1.29, 1.82) is 0 Å². The lowest BCUT2D eigenvalue weighted by atomic mass is 9.90. The minimum Gasteiger partial charge on any atom is -0.494 e. The number of hydrogen-bond donors (Lipinski definition) is 2. The Morgan fingerprint density at radius 1 is 1.04 bits per heavy atom. The highest BCUT2D eigenvalue weighted by Crippen LogP contribution is 2.30. The maximum Gasteiger partial charge on any atom is 0.269 e. The van der Waals surface area contributed by atoms with E-state index >= 15 is 0 Å². The molecular formula is C18H24N2O4. The van der Waals surface area contributed by atoms with Gasteiger partial charge in [0.1, 0.15) is 0 Å². The van der Waals surface area contributed by atoms with Crippen LogP contribution < -0.4 is 0 Å². The first kappa shape index (κ1) is 17.8. The van der Waals surface area contributed by atoms with Gasteiger partial charge in [-0.25, -0.2) is 0 Å². The Bertz CT molecular complexity index is 645. The molecule has 2 rings (SSSR count). The van der Waals surface area contributed by atoms with Gasteiger partial charge >= 0.3 is 0 Å². The molecule has 130 valence electrons. The largest absolute Gasteiger partial charge is 0.494 e. The number of aromatic hydroxyl groups is 2. The van der Waals surface area contributed by atoms with E-state index in [2.05, 4.69) is 6.92 Å². The fourth-order valence-electron chi connectivity index (χ4n) is 2.95. The van der Waals surface area contributed by atoms with Gasteiger partial charge in [0.15, 0.2) is 11.8 Å². The molecule has 0 aliphatic heterocycles. The molecule has 1 atom stereocenters. The Morgan fingerprint density at radius 2 is 1.67 bits per heavy atom. The lowest BCUT2D eigenvalue weighted by Crippen LogP contribution is -2.05. The Morgan fingerprint density at radius 3 is 2.21 bits per heavy atom. The van der Waals surface area contributed by atoms with Crippen LogP contribution in [-0.4, -0.2) is 19.7 Å². The molecule has 0 fully saturated rings. The van der Waals surface area contributed by atoms with Crippen LogP contribution in [0.1, 0.15) is 50.5 Å². The number of nitro benzene ring substituents is 1. The number of aromatic nitrogens is 1. The van der Waals surface area contributed by atoms with Gasteiger partial charge in [-0.05, 0) is 24.3 Å². The molecule has 0 aliphatic carbocycles. The third-order valence-corrected chi connectivity index (χ3v) is 4.37. The summed E-state index contributed by atoms with van der Waals surface area (Å²) >= 11 is 0. The summed E-state index contributed by atoms with van der Waals surface area (Å²) in [6.45, 7) is 2.65. The molecule has 0 radical (unpaired) electrons. The first-order valence-electron chi connectivity index (χ1n) is 8.34.